The number of carbonyl (C=O) groups excluding carboxylic acids is 5. The van der Waals surface area contributed by atoms with E-state index in [0.29, 0.717) is 17.7 Å². The van der Waals surface area contributed by atoms with Gasteiger partial charge in [-0.3, -0.25) is 33.8 Å². The van der Waals surface area contributed by atoms with Crippen molar-refractivity contribution < 1.29 is 33.9 Å². The normalized spacial score (nSPS) is 21.1. The number of hydrogen-bond donors (Lipinski definition) is 8. The van der Waals surface area contributed by atoms with E-state index in [0.717, 1.165) is 5.56 Å². The van der Waals surface area contributed by atoms with Crippen molar-refractivity contribution in [2.24, 2.45) is 22.2 Å². The van der Waals surface area contributed by atoms with Crippen LogP contribution >= 0.6 is 0 Å². The Morgan fingerprint density at radius 3 is 2.08 bits per heavy atom. The van der Waals surface area contributed by atoms with Gasteiger partial charge in [0, 0.05) is 33.0 Å². The highest BCUT2D eigenvalue weighted by atomic mass is 16.4. The summed E-state index contributed by atoms with van der Waals surface area (Å²) in [5, 5.41) is 19.5. The Labute approximate surface area is 277 Å². The lowest BCUT2D eigenvalue weighted by atomic mass is 9.99. The Morgan fingerprint density at radius 2 is 1.46 bits per heavy atom. The van der Waals surface area contributed by atoms with Crippen LogP contribution in [0, 0.1) is 0 Å². The Hall–Kier alpha value is -5.51. The van der Waals surface area contributed by atoms with Crippen molar-refractivity contribution in [3.8, 4) is 0 Å². The first-order valence-electron chi connectivity index (χ1n) is 15.4. The molecule has 0 saturated carbocycles. The van der Waals surface area contributed by atoms with Gasteiger partial charge in [0.1, 0.15) is 24.2 Å². The lowest BCUT2D eigenvalue weighted by molar-refractivity contribution is -0.143. The molecule has 48 heavy (non-hydrogen) atoms. The standard InChI is InChI=1S/C32H43N9O7/c1-41-25(15-20-9-11-21(17-33)12-10-20)30(47)39-22(8-5-13-36-32(34)35)28(45)37-18-26(42)38-23(16-27(43)44)29(46)40-24(31(41)48)14-19-6-3-2-4-7-19/h2-4,6-7,9-12,22-25H,5,8,13-18,33H2,1H3,(H,37,45)(H,38,42)(H,39,47)(H,40,46)(H,43,44)(H4,34,35,36)/t22-,23-,24+,25-/m0/s1. The number of aliphatic carboxylic acids is 1. The highest BCUT2D eigenvalue weighted by Gasteiger charge is 2.36. The molecular weight excluding hydrogens is 622 g/mol. The first kappa shape index (κ1) is 37.0. The topological polar surface area (TPSA) is 264 Å². The molecule has 2 aromatic carbocycles. The maximum absolute atomic E-state index is 14.2. The van der Waals surface area contributed by atoms with Crippen molar-refractivity contribution >= 4 is 41.5 Å². The van der Waals surface area contributed by atoms with Crippen molar-refractivity contribution in [2.75, 3.05) is 20.1 Å². The molecule has 16 nitrogen and oxygen atoms in total. The van der Waals surface area contributed by atoms with Crippen molar-refractivity contribution in [1.29, 1.82) is 0 Å². The quantitative estimate of drug-likeness (QED) is 0.0734. The second-order valence-corrected chi connectivity index (χ2v) is 11.4. The van der Waals surface area contributed by atoms with Gasteiger partial charge < -0.3 is 48.5 Å². The van der Waals surface area contributed by atoms with Crippen LogP contribution < -0.4 is 38.5 Å². The molecule has 5 amide bonds. The van der Waals surface area contributed by atoms with Gasteiger partial charge in [-0.1, -0.05) is 54.6 Å². The minimum atomic E-state index is -1.57. The molecule has 3 rings (SSSR count). The summed E-state index contributed by atoms with van der Waals surface area (Å²) in [6.07, 6.45) is -0.404. The molecule has 1 aliphatic rings. The van der Waals surface area contributed by atoms with Gasteiger partial charge in [0.15, 0.2) is 5.96 Å². The third kappa shape index (κ3) is 11.4. The molecule has 2 aromatic rings. The maximum atomic E-state index is 14.2. The molecule has 0 radical (unpaired) electrons. The van der Waals surface area contributed by atoms with Crippen LogP contribution in [0.1, 0.15) is 36.0 Å². The number of carboxylic acid groups (broad SMARTS) is 1. The number of amides is 5. The third-order valence-corrected chi connectivity index (χ3v) is 7.73. The number of nitrogens with one attached hydrogen (secondary N) is 4. The molecule has 1 heterocycles. The van der Waals surface area contributed by atoms with Crippen LogP contribution in [0.5, 0.6) is 0 Å². The average molecular weight is 666 g/mol. The fraction of sp³-hybridized carbons (Fsp3) is 0.406. The molecule has 4 atom stereocenters. The first-order chi connectivity index (χ1) is 22.9. The van der Waals surface area contributed by atoms with Crippen LogP contribution in [0.2, 0.25) is 0 Å². The molecule has 1 fully saturated rings. The van der Waals surface area contributed by atoms with E-state index >= 15 is 0 Å². The number of guanidine groups is 1. The van der Waals surface area contributed by atoms with E-state index < -0.39 is 72.6 Å². The van der Waals surface area contributed by atoms with Gasteiger partial charge in [0.25, 0.3) is 0 Å². The Morgan fingerprint density at radius 1 is 0.833 bits per heavy atom. The predicted molar refractivity (Wildman–Crippen MR) is 176 cm³/mol. The van der Waals surface area contributed by atoms with Crippen molar-refractivity contribution in [3.63, 3.8) is 0 Å². The minimum Gasteiger partial charge on any atom is -0.481 e. The minimum absolute atomic E-state index is 0.00349. The molecule has 0 aromatic heterocycles. The maximum Gasteiger partial charge on any atom is 0.305 e. The number of nitrogens with zero attached hydrogens (tertiary/aromatic N) is 2. The molecule has 0 bridgehead atoms. The molecule has 1 aliphatic heterocycles. The highest BCUT2D eigenvalue weighted by Crippen LogP contribution is 2.15. The molecular formula is C32H43N9O7. The number of carbonyl (C=O) groups is 6. The van der Waals surface area contributed by atoms with Crippen LogP contribution in [0.4, 0.5) is 0 Å². The summed E-state index contributed by atoms with van der Waals surface area (Å²) < 4.78 is 0. The van der Waals surface area contributed by atoms with E-state index in [2.05, 4.69) is 26.3 Å². The van der Waals surface area contributed by atoms with Gasteiger partial charge in [0.2, 0.25) is 29.5 Å². The number of likely N-dealkylation sites (N-methyl/N-ethyl adjacent to an activating group) is 1. The second-order valence-electron chi connectivity index (χ2n) is 11.4. The molecule has 16 heteroatoms. The number of nitrogens with two attached hydrogens (primary N) is 3. The van der Waals surface area contributed by atoms with Crippen LogP contribution in [-0.2, 0) is 48.2 Å². The Kier molecular flexibility index (Phi) is 13.8. The Bertz CT molecular complexity index is 1480. The van der Waals surface area contributed by atoms with E-state index in [1.54, 1.807) is 54.6 Å². The molecule has 0 unspecified atom stereocenters. The fourth-order valence-corrected chi connectivity index (χ4v) is 5.12. The van der Waals surface area contributed by atoms with Gasteiger partial charge in [0.05, 0.1) is 13.0 Å². The zero-order valence-electron chi connectivity index (χ0n) is 26.7. The van der Waals surface area contributed by atoms with E-state index in [-0.39, 0.29) is 38.2 Å². The van der Waals surface area contributed by atoms with Crippen molar-refractivity contribution in [1.82, 2.24) is 26.2 Å². The van der Waals surface area contributed by atoms with E-state index in [1.165, 1.54) is 11.9 Å². The largest absolute Gasteiger partial charge is 0.481 e. The number of carboxylic acids is 1. The van der Waals surface area contributed by atoms with Crippen LogP contribution in [0.3, 0.4) is 0 Å². The van der Waals surface area contributed by atoms with Crippen molar-refractivity contribution in [3.05, 3.63) is 71.3 Å². The second kappa shape index (κ2) is 18.0. The van der Waals surface area contributed by atoms with Crippen LogP contribution in [-0.4, -0.2) is 95.8 Å². The molecule has 1 saturated heterocycles. The Balaban J connectivity index is 2.06. The summed E-state index contributed by atoms with van der Waals surface area (Å²) in [4.78, 5) is 84.4. The zero-order chi connectivity index (χ0) is 35.2. The summed E-state index contributed by atoms with van der Waals surface area (Å²) in [6.45, 7) is -0.157. The predicted octanol–water partition coefficient (Wildman–Crippen LogP) is -2.13. The number of benzene rings is 2. The van der Waals surface area contributed by atoms with E-state index in [1.807, 2.05) is 0 Å². The lowest BCUT2D eigenvalue weighted by Gasteiger charge is -2.32. The molecule has 0 aliphatic carbocycles. The van der Waals surface area contributed by atoms with Gasteiger partial charge in [-0.2, -0.15) is 0 Å². The molecule has 0 spiro atoms. The first-order valence-corrected chi connectivity index (χ1v) is 15.4. The summed E-state index contributed by atoms with van der Waals surface area (Å²) in [5.41, 5.74) is 18.8. The summed E-state index contributed by atoms with van der Waals surface area (Å²) in [6, 6.07) is 10.8. The van der Waals surface area contributed by atoms with Crippen LogP contribution in [0.25, 0.3) is 0 Å². The van der Waals surface area contributed by atoms with Crippen LogP contribution in [0.15, 0.2) is 59.6 Å². The molecule has 258 valence electrons. The van der Waals surface area contributed by atoms with Gasteiger partial charge >= 0.3 is 5.97 Å². The van der Waals surface area contributed by atoms with Gasteiger partial charge in [-0.25, -0.2) is 0 Å². The monoisotopic (exact) mass is 665 g/mol. The smallest absolute Gasteiger partial charge is 0.305 e. The fourth-order valence-electron chi connectivity index (χ4n) is 5.12. The lowest BCUT2D eigenvalue weighted by Crippen LogP contribution is -2.59. The SMILES string of the molecule is CN1C(=O)[C@@H](Cc2ccccc2)NC(=O)[C@H](CC(=O)O)NC(=O)CNC(=O)[C@H](CCCN=C(N)N)NC(=O)[C@@H]1Cc1ccc(CN)cc1. The van der Waals surface area contributed by atoms with Crippen molar-refractivity contribution in [2.45, 2.75) is 62.8 Å². The zero-order valence-corrected chi connectivity index (χ0v) is 26.7. The number of rotatable bonds is 11. The molecule has 11 N–H and O–H groups in total. The average Bonchev–Trinajstić information content (AvgIpc) is 3.06. The highest BCUT2D eigenvalue weighted by molar-refractivity contribution is 5.98. The van der Waals surface area contributed by atoms with Gasteiger partial charge in [-0.15, -0.1) is 0 Å². The number of hydrogen-bond acceptors (Lipinski definition) is 8. The van der Waals surface area contributed by atoms with Gasteiger partial charge in [-0.05, 0) is 29.5 Å². The summed E-state index contributed by atoms with van der Waals surface area (Å²) in [5.74, 6) is -5.35. The summed E-state index contributed by atoms with van der Waals surface area (Å²) in [7, 11) is 1.41. The van der Waals surface area contributed by atoms with E-state index in [9.17, 15) is 33.9 Å². The third-order valence-electron chi connectivity index (χ3n) is 7.73. The van der Waals surface area contributed by atoms with E-state index in [4.69, 9.17) is 17.2 Å². The summed E-state index contributed by atoms with van der Waals surface area (Å²) >= 11 is 0. The number of aliphatic imine (C=N–C) groups is 1.